The number of aliphatic imine (C=N–C) groups is 1. The molecule has 1 aliphatic carbocycles. The minimum absolute atomic E-state index is 0. The van der Waals surface area contributed by atoms with Gasteiger partial charge in [0.1, 0.15) is 0 Å². The summed E-state index contributed by atoms with van der Waals surface area (Å²) < 4.78 is 1.09. The fourth-order valence-corrected chi connectivity index (χ4v) is 4.56. The van der Waals surface area contributed by atoms with Gasteiger partial charge in [-0.3, -0.25) is 4.79 Å². The van der Waals surface area contributed by atoms with Crippen molar-refractivity contribution in [2.75, 3.05) is 27.2 Å². The molecule has 8 heteroatoms. The number of amides is 1. The van der Waals surface area contributed by atoms with Crippen LogP contribution in [0.3, 0.4) is 0 Å². The molecule has 1 amide bonds. The zero-order valence-electron chi connectivity index (χ0n) is 15.1. The molecular weight excluding hydrogens is 515 g/mol. The molecule has 25 heavy (non-hydrogen) atoms. The highest BCUT2D eigenvalue weighted by atomic mass is 127. The lowest BCUT2D eigenvalue weighted by Gasteiger charge is -2.31. The van der Waals surface area contributed by atoms with Gasteiger partial charge < -0.3 is 15.5 Å². The highest BCUT2D eigenvalue weighted by Gasteiger charge is 2.42. The molecule has 5 nitrogen and oxygen atoms in total. The minimum Gasteiger partial charge on any atom is -0.357 e. The summed E-state index contributed by atoms with van der Waals surface area (Å²) in [6.07, 6.45) is 4.15. The van der Waals surface area contributed by atoms with Gasteiger partial charge in [-0.2, -0.15) is 0 Å². The summed E-state index contributed by atoms with van der Waals surface area (Å²) >= 11 is 5.16. The lowest BCUT2D eigenvalue weighted by molar-refractivity contribution is -0.138. The van der Waals surface area contributed by atoms with Gasteiger partial charge in [-0.1, -0.05) is 12.8 Å². The molecule has 0 atom stereocenters. The Morgan fingerprint density at radius 1 is 1.36 bits per heavy atom. The third-order valence-electron chi connectivity index (χ3n) is 4.37. The number of hydrogen-bond donors (Lipinski definition) is 2. The van der Waals surface area contributed by atoms with Crippen LogP contribution in [0.15, 0.2) is 20.9 Å². The third kappa shape index (κ3) is 6.39. The van der Waals surface area contributed by atoms with Crippen LogP contribution in [0.4, 0.5) is 0 Å². The summed E-state index contributed by atoms with van der Waals surface area (Å²) in [5.41, 5.74) is -0.286. The molecule has 1 aliphatic rings. The molecule has 142 valence electrons. The summed E-state index contributed by atoms with van der Waals surface area (Å²) in [7, 11) is 3.69. The first-order valence-electron chi connectivity index (χ1n) is 8.44. The molecule has 0 unspecified atom stereocenters. The Bertz CT molecular complexity index is 585. The van der Waals surface area contributed by atoms with Crippen LogP contribution in [-0.4, -0.2) is 44.0 Å². The highest BCUT2D eigenvalue weighted by molar-refractivity contribution is 14.0. The van der Waals surface area contributed by atoms with Gasteiger partial charge >= 0.3 is 0 Å². The number of guanidine groups is 1. The molecule has 1 aromatic rings. The number of thiophene rings is 1. The number of halogens is 2. The fourth-order valence-electron chi connectivity index (χ4n) is 3.18. The van der Waals surface area contributed by atoms with E-state index in [4.69, 9.17) is 0 Å². The van der Waals surface area contributed by atoms with E-state index in [9.17, 15) is 4.79 Å². The van der Waals surface area contributed by atoms with E-state index in [1.165, 1.54) is 4.88 Å². The van der Waals surface area contributed by atoms with E-state index in [0.29, 0.717) is 13.1 Å². The number of nitrogens with zero attached hydrogens (tertiary/aromatic N) is 2. The molecule has 0 saturated heterocycles. The van der Waals surface area contributed by atoms with Crippen LogP contribution in [0, 0.1) is 5.41 Å². The predicted molar refractivity (Wildman–Crippen MR) is 120 cm³/mol. The third-order valence-corrected chi connectivity index (χ3v) is 6.06. The Morgan fingerprint density at radius 3 is 2.56 bits per heavy atom. The monoisotopic (exact) mass is 542 g/mol. The normalized spacial score (nSPS) is 16.2. The van der Waals surface area contributed by atoms with Gasteiger partial charge in [-0.15, -0.1) is 35.3 Å². The van der Waals surface area contributed by atoms with Gasteiger partial charge in [0.05, 0.1) is 12.0 Å². The van der Waals surface area contributed by atoms with Crippen molar-refractivity contribution in [3.8, 4) is 0 Å². The van der Waals surface area contributed by atoms with Crippen LogP contribution in [0.5, 0.6) is 0 Å². The summed E-state index contributed by atoms with van der Waals surface area (Å²) in [4.78, 5) is 20.2. The van der Waals surface area contributed by atoms with Crippen LogP contribution in [0.1, 0.15) is 37.5 Å². The fraction of sp³-hybridized carbons (Fsp3) is 0.647. The molecule has 1 aromatic heterocycles. The minimum atomic E-state index is -0.286. The molecule has 0 aromatic carbocycles. The van der Waals surface area contributed by atoms with Gasteiger partial charge in [0.25, 0.3) is 0 Å². The maximum atomic E-state index is 12.6. The first kappa shape index (κ1) is 22.7. The van der Waals surface area contributed by atoms with E-state index in [2.05, 4.69) is 49.9 Å². The summed E-state index contributed by atoms with van der Waals surface area (Å²) in [5.74, 6) is 1.00. The lowest BCUT2D eigenvalue weighted by atomic mass is 9.84. The molecule has 2 N–H and O–H groups in total. The largest absolute Gasteiger partial charge is 0.357 e. The van der Waals surface area contributed by atoms with Gasteiger partial charge in [0.15, 0.2) is 5.96 Å². The Morgan fingerprint density at radius 2 is 2.04 bits per heavy atom. The van der Waals surface area contributed by atoms with Crippen molar-refractivity contribution in [1.29, 1.82) is 0 Å². The van der Waals surface area contributed by atoms with Crippen molar-refractivity contribution in [1.82, 2.24) is 15.5 Å². The molecule has 0 aliphatic heterocycles. The molecule has 1 saturated carbocycles. The molecule has 2 rings (SSSR count). The Hall–Kier alpha value is -0.350. The second-order valence-corrected chi connectivity index (χ2v) is 8.38. The van der Waals surface area contributed by atoms with Crippen LogP contribution < -0.4 is 10.6 Å². The number of nitrogens with one attached hydrogen (secondary N) is 2. The van der Waals surface area contributed by atoms with Crippen LogP contribution in [-0.2, 0) is 11.3 Å². The lowest BCUT2D eigenvalue weighted by Crippen LogP contribution is -2.49. The number of carbonyl (C=O) groups is 1. The highest BCUT2D eigenvalue weighted by Crippen LogP contribution is 2.38. The average molecular weight is 543 g/mol. The maximum Gasteiger partial charge on any atom is 0.230 e. The smallest absolute Gasteiger partial charge is 0.230 e. The Labute approximate surface area is 180 Å². The predicted octanol–water partition coefficient (Wildman–Crippen LogP) is 3.83. The summed E-state index contributed by atoms with van der Waals surface area (Å²) in [5, 5.41) is 8.74. The number of carbonyl (C=O) groups excluding carboxylic acids is 1. The van der Waals surface area contributed by atoms with Gasteiger partial charge in [-0.05, 0) is 41.8 Å². The van der Waals surface area contributed by atoms with E-state index in [1.807, 2.05) is 14.1 Å². The Balaban J connectivity index is 0.00000312. The van der Waals surface area contributed by atoms with Crippen molar-refractivity contribution in [3.63, 3.8) is 0 Å². The standard InChI is InChI=1S/C17H27BrN4OS.HI/c1-4-19-16(20-10-14-9-13(18)11-24-14)21-12-17(7-5-6-8-17)15(23)22(2)3;/h9,11H,4-8,10,12H2,1-3H3,(H2,19,20,21);1H. The summed E-state index contributed by atoms with van der Waals surface area (Å²) in [6, 6.07) is 2.09. The molecule has 0 bridgehead atoms. The first-order valence-corrected chi connectivity index (χ1v) is 10.1. The van der Waals surface area contributed by atoms with Crippen molar-refractivity contribution < 1.29 is 4.79 Å². The van der Waals surface area contributed by atoms with Gasteiger partial charge in [0, 0.05) is 41.9 Å². The van der Waals surface area contributed by atoms with Crippen molar-refractivity contribution in [3.05, 3.63) is 20.8 Å². The number of hydrogen-bond acceptors (Lipinski definition) is 3. The SMILES string of the molecule is CCNC(=NCc1cc(Br)cs1)NCC1(C(=O)N(C)C)CCCC1.I. The molecule has 0 spiro atoms. The first-order chi connectivity index (χ1) is 11.5. The van der Waals surface area contributed by atoms with Gasteiger partial charge in [-0.25, -0.2) is 4.99 Å². The second kappa shape index (κ2) is 10.7. The molecule has 1 fully saturated rings. The number of rotatable bonds is 6. The molecule has 1 heterocycles. The van der Waals surface area contributed by atoms with E-state index < -0.39 is 0 Å². The summed E-state index contributed by atoms with van der Waals surface area (Å²) in [6.45, 7) is 4.13. The van der Waals surface area contributed by atoms with Crippen molar-refractivity contribution >= 4 is 63.1 Å². The zero-order valence-corrected chi connectivity index (χ0v) is 19.8. The topological polar surface area (TPSA) is 56.7 Å². The van der Waals surface area contributed by atoms with Gasteiger partial charge in [0.2, 0.25) is 5.91 Å². The van der Waals surface area contributed by atoms with E-state index in [1.54, 1.807) is 16.2 Å². The molecular formula is C17H28BrIN4OS. The quantitative estimate of drug-likeness (QED) is 0.326. The van der Waals surface area contributed by atoms with E-state index in [-0.39, 0.29) is 35.3 Å². The van der Waals surface area contributed by atoms with Crippen molar-refractivity contribution in [2.24, 2.45) is 10.4 Å². The van der Waals surface area contributed by atoms with Crippen LogP contribution >= 0.6 is 51.2 Å². The van der Waals surface area contributed by atoms with Crippen molar-refractivity contribution in [2.45, 2.75) is 39.2 Å². The van der Waals surface area contributed by atoms with E-state index in [0.717, 1.165) is 42.7 Å². The van der Waals surface area contributed by atoms with Crippen LogP contribution in [0.2, 0.25) is 0 Å². The van der Waals surface area contributed by atoms with E-state index >= 15 is 0 Å². The second-order valence-electron chi connectivity index (χ2n) is 6.47. The maximum absolute atomic E-state index is 12.6. The average Bonchev–Trinajstić information content (AvgIpc) is 3.19. The Kier molecular flexibility index (Phi) is 9.73. The zero-order chi connectivity index (χ0) is 17.6. The molecule has 0 radical (unpaired) electrons. The van der Waals surface area contributed by atoms with Crippen LogP contribution in [0.25, 0.3) is 0 Å².